The highest BCUT2D eigenvalue weighted by atomic mass is 35.5. The normalized spacial score (nSPS) is 16.3. The molecule has 1 heterocycles. The van der Waals surface area contributed by atoms with E-state index in [-0.39, 0.29) is 24.5 Å². The summed E-state index contributed by atoms with van der Waals surface area (Å²) in [7, 11) is 0. The van der Waals surface area contributed by atoms with Crippen molar-refractivity contribution in [2.75, 3.05) is 5.32 Å². The largest absolute Gasteiger partial charge is 0.329 e. The quantitative estimate of drug-likeness (QED) is 0.681. The molecule has 1 fully saturated rings. The smallest absolute Gasteiger partial charge is 0.307 e. The third-order valence-corrected chi connectivity index (χ3v) is 5.39. The monoisotopic (exact) mass is 438 g/mol. The molecule has 0 bridgehead atoms. The van der Waals surface area contributed by atoms with Crippen molar-refractivity contribution < 1.29 is 14.4 Å². The van der Waals surface area contributed by atoms with Gasteiger partial charge in [-0.05, 0) is 54.8 Å². The molecule has 0 aromatic heterocycles. The summed E-state index contributed by atoms with van der Waals surface area (Å²) in [6.45, 7) is 0. The van der Waals surface area contributed by atoms with Gasteiger partial charge in [0.25, 0.3) is 0 Å². The molecule has 1 N–H and O–H groups in total. The summed E-state index contributed by atoms with van der Waals surface area (Å²) in [5, 5.41) is 4.17. The van der Waals surface area contributed by atoms with Crippen molar-refractivity contribution in [1.82, 2.24) is 4.90 Å². The maximum absolute atomic E-state index is 12.7. The number of urea groups is 1. The van der Waals surface area contributed by atoms with E-state index in [1.807, 2.05) is 0 Å². The summed E-state index contributed by atoms with van der Waals surface area (Å²) in [5.41, 5.74) is 1.29. The Hall–Kier alpha value is -2.08. The maximum atomic E-state index is 12.7. The number of carbonyl (C=O) groups excluding carboxylic acids is 3. The Morgan fingerprint density at radius 3 is 2.39 bits per heavy atom. The standard InChI is InChI=1S/C20H17Cl3N2O3/c21-13-4-6-15(7-5-13)24-20(28)25-17(8-10-19(25)27)18(26)9-2-12-1-3-14(22)11-16(12)23/h1,3-7,11,17H,2,8-10H2,(H,24,28)/t17-/m0/s1. The summed E-state index contributed by atoms with van der Waals surface area (Å²) >= 11 is 17.9. The summed E-state index contributed by atoms with van der Waals surface area (Å²) in [5.74, 6) is -0.544. The number of halogens is 3. The second kappa shape index (κ2) is 8.95. The van der Waals surface area contributed by atoms with E-state index in [1.165, 1.54) is 0 Å². The molecule has 8 heteroatoms. The molecule has 3 amide bonds. The van der Waals surface area contributed by atoms with E-state index in [9.17, 15) is 14.4 Å². The number of hydrogen-bond acceptors (Lipinski definition) is 3. The van der Waals surface area contributed by atoms with Gasteiger partial charge in [-0.25, -0.2) is 4.79 Å². The molecule has 0 spiro atoms. The highest BCUT2D eigenvalue weighted by Gasteiger charge is 2.39. The predicted octanol–water partition coefficient (Wildman–Crippen LogP) is 5.37. The van der Waals surface area contributed by atoms with Crippen LogP contribution in [0.15, 0.2) is 42.5 Å². The molecular formula is C20H17Cl3N2O3. The first-order valence-electron chi connectivity index (χ1n) is 8.70. The summed E-state index contributed by atoms with van der Waals surface area (Å²) in [4.78, 5) is 38.5. The average molecular weight is 440 g/mol. The number of benzene rings is 2. The SMILES string of the molecule is O=C(CCc1ccc(Cl)cc1Cl)[C@@H]1CCC(=O)N1C(=O)Nc1ccc(Cl)cc1. The van der Waals surface area contributed by atoms with E-state index < -0.39 is 12.1 Å². The van der Waals surface area contributed by atoms with Crippen LogP contribution in [0.4, 0.5) is 10.5 Å². The first-order valence-corrected chi connectivity index (χ1v) is 9.84. The summed E-state index contributed by atoms with van der Waals surface area (Å²) in [6, 6.07) is 10.2. The lowest BCUT2D eigenvalue weighted by Crippen LogP contribution is -2.45. The Morgan fingerprint density at radius 1 is 1.04 bits per heavy atom. The molecule has 5 nitrogen and oxygen atoms in total. The van der Waals surface area contributed by atoms with Gasteiger partial charge in [-0.1, -0.05) is 40.9 Å². The molecule has 28 heavy (non-hydrogen) atoms. The van der Waals surface area contributed by atoms with E-state index in [4.69, 9.17) is 34.8 Å². The van der Waals surface area contributed by atoms with E-state index in [0.717, 1.165) is 10.5 Å². The van der Waals surface area contributed by atoms with Gasteiger partial charge in [-0.15, -0.1) is 0 Å². The fraction of sp³-hybridized carbons (Fsp3) is 0.250. The third kappa shape index (κ3) is 4.85. The fourth-order valence-corrected chi connectivity index (χ4v) is 3.74. The van der Waals surface area contributed by atoms with Gasteiger partial charge in [0.1, 0.15) is 6.04 Å². The van der Waals surface area contributed by atoms with E-state index in [1.54, 1.807) is 42.5 Å². The molecule has 146 valence electrons. The molecule has 0 saturated carbocycles. The number of nitrogens with zero attached hydrogens (tertiary/aromatic N) is 1. The van der Waals surface area contributed by atoms with Crippen molar-refractivity contribution in [1.29, 1.82) is 0 Å². The van der Waals surface area contributed by atoms with Crippen molar-refractivity contribution in [3.05, 3.63) is 63.1 Å². The van der Waals surface area contributed by atoms with E-state index >= 15 is 0 Å². The van der Waals surface area contributed by atoms with Gasteiger partial charge in [0.05, 0.1) is 0 Å². The first kappa shape index (κ1) is 20.6. The zero-order chi connectivity index (χ0) is 20.3. The number of aryl methyl sites for hydroxylation is 1. The number of nitrogens with one attached hydrogen (secondary N) is 1. The first-order chi connectivity index (χ1) is 13.3. The van der Waals surface area contributed by atoms with Crippen LogP contribution >= 0.6 is 34.8 Å². The lowest BCUT2D eigenvalue weighted by molar-refractivity contribution is -0.131. The van der Waals surface area contributed by atoms with Gasteiger partial charge >= 0.3 is 6.03 Å². The molecule has 1 saturated heterocycles. The van der Waals surface area contributed by atoms with Crippen LogP contribution in [-0.4, -0.2) is 28.7 Å². The minimum Gasteiger partial charge on any atom is -0.307 e. The number of ketones is 1. The maximum Gasteiger partial charge on any atom is 0.329 e. The van der Waals surface area contributed by atoms with E-state index in [2.05, 4.69) is 5.32 Å². The topological polar surface area (TPSA) is 66.5 Å². The summed E-state index contributed by atoms with van der Waals surface area (Å²) < 4.78 is 0. The van der Waals surface area contributed by atoms with Crippen LogP contribution in [0.2, 0.25) is 15.1 Å². The van der Waals surface area contributed by atoms with Gasteiger partial charge < -0.3 is 5.32 Å². The number of amides is 3. The Bertz CT molecular complexity index is 915. The van der Waals surface area contributed by atoms with Gasteiger partial charge in [-0.3, -0.25) is 14.5 Å². The highest BCUT2D eigenvalue weighted by Crippen LogP contribution is 2.25. The number of likely N-dealkylation sites (tertiary alicyclic amines) is 1. The molecule has 3 rings (SSSR count). The number of anilines is 1. The number of rotatable bonds is 5. The molecule has 1 atom stereocenters. The molecule has 0 radical (unpaired) electrons. The van der Waals surface area contributed by atoms with Crippen LogP contribution < -0.4 is 5.32 Å². The Balaban J connectivity index is 1.65. The molecule has 2 aromatic carbocycles. The van der Waals surface area contributed by atoms with Crippen molar-refractivity contribution in [2.45, 2.75) is 31.7 Å². The van der Waals surface area contributed by atoms with Crippen LogP contribution in [0.1, 0.15) is 24.8 Å². The number of hydrogen-bond donors (Lipinski definition) is 1. The van der Waals surface area contributed by atoms with Gasteiger partial charge in [0.2, 0.25) is 5.91 Å². The highest BCUT2D eigenvalue weighted by molar-refractivity contribution is 6.35. The van der Waals surface area contributed by atoms with Crippen LogP contribution in [0, 0.1) is 0 Å². The van der Waals surface area contributed by atoms with Crippen LogP contribution in [0.5, 0.6) is 0 Å². The van der Waals surface area contributed by atoms with Crippen molar-refractivity contribution in [3.8, 4) is 0 Å². The average Bonchev–Trinajstić information content (AvgIpc) is 3.04. The minimum atomic E-state index is -0.772. The van der Waals surface area contributed by atoms with E-state index in [0.29, 0.717) is 33.6 Å². The van der Waals surface area contributed by atoms with Gasteiger partial charge in [-0.2, -0.15) is 0 Å². The Morgan fingerprint density at radius 2 is 1.71 bits per heavy atom. The van der Waals surface area contributed by atoms with Crippen LogP contribution in [-0.2, 0) is 16.0 Å². The van der Waals surface area contributed by atoms with Crippen molar-refractivity contribution in [2.24, 2.45) is 0 Å². The molecule has 0 unspecified atom stereocenters. The molecule has 0 aliphatic carbocycles. The second-order valence-corrected chi connectivity index (χ2v) is 7.74. The minimum absolute atomic E-state index is 0.159. The zero-order valence-corrected chi connectivity index (χ0v) is 17.0. The molecular weight excluding hydrogens is 423 g/mol. The van der Waals surface area contributed by atoms with Crippen molar-refractivity contribution >= 4 is 58.2 Å². The second-order valence-electron chi connectivity index (χ2n) is 6.46. The molecule has 2 aromatic rings. The summed E-state index contributed by atoms with van der Waals surface area (Å²) in [6.07, 6.45) is 1.06. The zero-order valence-electron chi connectivity index (χ0n) is 14.8. The number of imide groups is 1. The third-order valence-electron chi connectivity index (χ3n) is 4.55. The fourth-order valence-electron chi connectivity index (χ4n) is 3.11. The molecule has 1 aliphatic heterocycles. The Labute approximate surface area is 177 Å². The lowest BCUT2D eigenvalue weighted by atomic mass is 10.0. The molecule has 1 aliphatic rings. The van der Waals surface area contributed by atoms with Crippen LogP contribution in [0.25, 0.3) is 0 Å². The van der Waals surface area contributed by atoms with Gasteiger partial charge in [0.15, 0.2) is 5.78 Å². The van der Waals surface area contributed by atoms with Crippen molar-refractivity contribution in [3.63, 3.8) is 0 Å². The number of carbonyl (C=O) groups is 3. The number of Topliss-reactive ketones (excluding diaryl/α,β-unsaturated/α-hetero) is 1. The van der Waals surface area contributed by atoms with Gasteiger partial charge in [0, 0.05) is 33.6 Å². The van der Waals surface area contributed by atoms with Crippen LogP contribution in [0.3, 0.4) is 0 Å². The lowest BCUT2D eigenvalue weighted by Gasteiger charge is -2.22. The predicted molar refractivity (Wildman–Crippen MR) is 110 cm³/mol. The Kier molecular flexibility index (Phi) is 6.60.